The van der Waals surface area contributed by atoms with Crippen molar-refractivity contribution in [3.8, 4) is 0 Å². The lowest BCUT2D eigenvalue weighted by molar-refractivity contribution is 0.166. The van der Waals surface area contributed by atoms with Crippen LogP contribution < -0.4 is 4.90 Å². The predicted octanol–water partition coefficient (Wildman–Crippen LogP) is 3.25. The number of benzene rings is 2. The number of nitrogens with zero attached hydrogens (tertiary/aromatic N) is 1. The molecule has 0 radical (unpaired) electrons. The third-order valence-electron chi connectivity index (χ3n) is 3.46. The van der Waals surface area contributed by atoms with Gasteiger partial charge in [0.1, 0.15) is 6.61 Å². The maximum absolute atomic E-state index is 12.3. The van der Waals surface area contributed by atoms with Crippen molar-refractivity contribution >= 4 is 20.8 Å². The van der Waals surface area contributed by atoms with Crippen LogP contribution in [0.25, 0.3) is 0 Å². The van der Waals surface area contributed by atoms with Crippen LogP contribution in [0.3, 0.4) is 0 Å². The smallest absolute Gasteiger partial charge is 0.429 e. The first-order valence-corrected chi connectivity index (χ1v) is 8.70. The summed E-state index contributed by atoms with van der Waals surface area (Å²) in [7, 11) is -2.31. The second-order valence-corrected chi connectivity index (χ2v) is 6.85. The fourth-order valence-electron chi connectivity index (χ4n) is 1.96. The molecule has 122 valence electrons. The Morgan fingerprint density at radius 1 is 1.09 bits per heavy atom. The van der Waals surface area contributed by atoms with Crippen molar-refractivity contribution in [2.45, 2.75) is 18.4 Å². The first-order chi connectivity index (χ1) is 10.9. The number of hydrogen-bond donors (Lipinski definition) is 0. The van der Waals surface area contributed by atoms with Gasteiger partial charge in [0.05, 0.1) is 4.90 Å². The molecule has 0 fully saturated rings. The summed E-state index contributed by atoms with van der Waals surface area (Å²) in [6, 6.07) is 15.2. The van der Waals surface area contributed by atoms with Crippen molar-refractivity contribution < 1.29 is 17.9 Å². The molecule has 0 aliphatic rings. The van der Waals surface area contributed by atoms with Gasteiger partial charge in [-0.3, -0.25) is 0 Å². The number of carbonyl (C=O) groups is 1. The molecular formula is C17H19NO4S. The summed E-state index contributed by atoms with van der Waals surface area (Å²) in [4.78, 5) is 13.8. The van der Waals surface area contributed by atoms with Crippen molar-refractivity contribution in [1.29, 1.82) is 0 Å². The average Bonchev–Trinajstić information content (AvgIpc) is 2.59. The lowest BCUT2D eigenvalue weighted by Gasteiger charge is -2.17. The van der Waals surface area contributed by atoms with Gasteiger partial charge in [0.2, 0.25) is 0 Å². The second-order valence-electron chi connectivity index (χ2n) is 5.04. The fourth-order valence-corrected chi connectivity index (χ4v) is 2.90. The quantitative estimate of drug-likeness (QED) is 0.786. The highest BCUT2D eigenvalue weighted by Crippen LogP contribution is 2.21. The lowest BCUT2D eigenvalue weighted by atomic mass is 10.2. The monoisotopic (exact) mass is 333 g/mol. The van der Waals surface area contributed by atoms with Gasteiger partial charge in [-0.15, -0.1) is 0 Å². The van der Waals surface area contributed by atoms with E-state index >= 15 is 0 Å². The summed E-state index contributed by atoms with van der Waals surface area (Å²) in [5.41, 5.74) is 1.46. The number of ether oxygens (including phenoxy) is 1. The normalized spacial score (nSPS) is 11.0. The van der Waals surface area contributed by atoms with E-state index in [1.807, 2.05) is 24.9 Å². The summed E-state index contributed by atoms with van der Waals surface area (Å²) >= 11 is 0. The molecule has 0 saturated heterocycles. The highest BCUT2D eigenvalue weighted by molar-refractivity contribution is 8.05. The van der Waals surface area contributed by atoms with E-state index in [0.29, 0.717) is 0 Å². The molecule has 6 heteroatoms. The van der Waals surface area contributed by atoms with Crippen LogP contribution in [0, 0.1) is 0 Å². The maximum Gasteiger partial charge on any atom is 0.429 e. The first-order valence-electron chi connectivity index (χ1n) is 7.22. The number of sulfone groups is 1. The Labute approximate surface area is 136 Å². The van der Waals surface area contributed by atoms with E-state index in [0.717, 1.165) is 17.8 Å². The van der Waals surface area contributed by atoms with Crippen molar-refractivity contribution in [2.75, 3.05) is 18.5 Å². The largest absolute Gasteiger partial charge is 0.449 e. The van der Waals surface area contributed by atoms with Crippen molar-refractivity contribution in [3.63, 3.8) is 0 Å². The number of rotatable bonds is 5. The lowest BCUT2D eigenvalue weighted by Crippen LogP contribution is -2.19. The molecule has 0 aliphatic carbocycles. The highest BCUT2D eigenvalue weighted by Gasteiger charge is 2.27. The Morgan fingerprint density at radius 3 is 2.43 bits per heavy atom. The van der Waals surface area contributed by atoms with E-state index in [4.69, 9.17) is 4.74 Å². The van der Waals surface area contributed by atoms with Gasteiger partial charge in [-0.1, -0.05) is 36.4 Å². The first kappa shape index (κ1) is 17.0. The fraction of sp³-hybridized carbons (Fsp3) is 0.235. The molecule has 0 amide bonds. The Balaban J connectivity index is 2.16. The van der Waals surface area contributed by atoms with Crippen LogP contribution in [0.15, 0.2) is 59.5 Å². The minimum atomic E-state index is -4.16. The minimum Gasteiger partial charge on any atom is -0.449 e. The summed E-state index contributed by atoms with van der Waals surface area (Å²) < 4.78 is 29.6. The number of carbonyl (C=O) groups excluding carboxylic acids is 1. The van der Waals surface area contributed by atoms with Gasteiger partial charge in [-0.05, 0) is 30.7 Å². The van der Waals surface area contributed by atoms with E-state index in [1.165, 1.54) is 12.1 Å². The van der Waals surface area contributed by atoms with Crippen LogP contribution in [0.1, 0.15) is 12.5 Å². The molecule has 5 nitrogen and oxygen atoms in total. The van der Waals surface area contributed by atoms with Crippen molar-refractivity contribution in [2.24, 2.45) is 0 Å². The van der Waals surface area contributed by atoms with Crippen molar-refractivity contribution in [1.82, 2.24) is 0 Å². The zero-order valence-corrected chi connectivity index (χ0v) is 13.9. The Kier molecular flexibility index (Phi) is 5.39. The van der Waals surface area contributed by atoms with Gasteiger partial charge >= 0.3 is 5.30 Å². The SMILES string of the molecule is CCN(C)c1cccc(S(=O)(=O)C(=O)OCc2ccccc2)c1. The molecule has 0 aliphatic heterocycles. The van der Waals surface area contributed by atoms with Gasteiger partial charge in [-0.2, -0.15) is 0 Å². The van der Waals surface area contributed by atoms with Crippen LogP contribution in [-0.4, -0.2) is 27.3 Å². The van der Waals surface area contributed by atoms with E-state index in [-0.39, 0.29) is 11.5 Å². The number of hydrogen-bond acceptors (Lipinski definition) is 5. The van der Waals surface area contributed by atoms with Gasteiger partial charge in [-0.25, -0.2) is 13.2 Å². The summed E-state index contributed by atoms with van der Waals surface area (Å²) in [5, 5.41) is -1.24. The van der Waals surface area contributed by atoms with Gasteiger partial charge in [0, 0.05) is 19.3 Å². The molecule has 0 unspecified atom stereocenters. The van der Waals surface area contributed by atoms with Crippen LogP contribution in [-0.2, 0) is 21.2 Å². The summed E-state index contributed by atoms with van der Waals surface area (Å²) in [6.07, 6.45) is 0. The third kappa shape index (κ3) is 4.10. The van der Waals surface area contributed by atoms with Crippen LogP contribution >= 0.6 is 0 Å². The zero-order chi connectivity index (χ0) is 16.9. The van der Waals surface area contributed by atoms with Gasteiger partial charge in [0.15, 0.2) is 0 Å². The molecular weight excluding hydrogens is 314 g/mol. The molecule has 0 bridgehead atoms. The molecule has 2 aromatic carbocycles. The summed E-state index contributed by atoms with van der Waals surface area (Å²) in [5.74, 6) is 0. The van der Waals surface area contributed by atoms with Crippen LogP contribution in [0.2, 0.25) is 0 Å². The number of anilines is 1. The van der Waals surface area contributed by atoms with Crippen LogP contribution in [0.4, 0.5) is 10.5 Å². The standard InChI is InChI=1S/C17H19NO4S/c1-3-18(2)15-10-7-11-16(12-15)23(20,21)17(19)22-13-14-8-5-4-6-9-14/h4-12H,3,13H2,1-2H3. The second kappa shape index (κ2) is 7.28. The topological polar surface area (TPSA) is 63.7 Å². The molecule has 2 rings (SSSR count). The van der Waals surface area contributed by atoms with E-state index in [1.54, 1.807) is 36.4 Å². The molecule has 0 saturated carbocycles. The van der Waals surface area contributed by atoms with E-state index in [9.17, 15) is 13.2 Å². The molecule has 0 aromatic heterocycles. The molecule has 23 heavy (non-hydrogen) atoms. The zero-order valence-electron chi connectivity index (χ0n) is 13.1. The molecule has 0 heterocycles. The third-order valence-corrected chi connectivity index (χ3v) is 4.89. The summed E-state index contributed by atoms with van der Waals surface area (Å²) in [6.45, 7) is 2.60. The molecule has 0 spiro atoms. The highest BCUT2D eigenvalue weighted by atomic mass is 32.2. The minimum absolute atomic E-state index is 0.0617. The predicted molar refractivity (Wildman–Crippen MR) is 89.2 cm³/mol. The van der Waals surface area contributed by atoms with E-state index in [2.05, 4.69) is 0 Å². The Bertz CT molecular complexity index is 772. The molecule has 2 aromatic rings. The van der Waals surface area contributed by atoms with Crippen molar-refractivity contribution in [3.05, 3.63) is 60.2 Å². The van der Waals surface area contributed by atoms with E-state index < -0.39 is 15.1 Å². The Morgan fingerprint density at radius 2 is 1.78 bits per heavy atom. The maximum atomic E-state index is 12.3. The van der Waals surface area contributed by atoms with Gasteiger partial charge in [0.25, 0.3) is 9.84 Å². The molecule has 0 N–H and O–H groups in total. The Hall–Kier alpha value is -2.34. The van der Waals surface area contributed by atoms with Gasteiger partial charge < -0.3 is 9.64 Å². The average molecular weight is 333 g/mol. The van der Waals surface area contributed by atoms with Crippen LogP contribution in [0.5, 0.6) is 0 Å². The molecule has 0 atom stereocenters.